The molecule has 0 unspecified atom stereocenters. The van der Waals surface area contributed by atoms with E-state index in [1.165, 1.54) is 16.7 Å². The molecule has 0 aromatic heterocycles. The minimum Gasteiger partial charge on any atom is -0.497 e. The first-order valence-electron chi connectivity index (χ1n) is 8.07. The summed E-state index contributed by atoms with van der Waals surface area (Å²) in [6.07, 6.45) is 2.09. The minimum absolute atomic E-state index is 0.464. The molecule has 0 spiro atoms. The van der Waals surface area contributed by atoms with Crippen LogP contribution in [0.2, 0.25) is 0 Å². The molecule has 1 nitrogen and oxygen atoms in total. The third-order valence-corrected chi connectivity index (χ3v) is 4.24. The molecule has 1 heteroatoms. The van der Waals surface area contributed by atoms with Crippen molar-refractivity contribution in [3.63, 3.8) is 0 Å². The first kappa shape index (κ1) is 15.4. The third-order valence-electron chi connectivity index (χ3n) is 4.24. The van der Waals surface area contributed by atoms with Gasteiger partial charge in [-0.2, -0.15) is 0 Å². The van der Waals surface area contributed by atoms with Crippen LogP contribution in [0.15, 0.2) is 84.9 Å². The van der Waals surface area contributed by atoms with Gasteiger partial charge in [-0.3, -0.25) is 0 Å². The van der Waals surface area contributed by atoms with Crippen molar-refractivity contribution in [1.82, 2.24) is 0 Å². The maximum absolute atomic E-state index is 5.29. The van der Waals surface area contributed by atoms with Gasteiger partial charge in [0.2, 0.25) is 0 Å². The van der Waals surface area contributed by atoms with E-state index >= 15 is 0 Å². The molecule has 0 N–H and O–H groups in total. The van der Waals surface area contributed by atoms with Crippen molar-refractivity contribution in [3.8, 4) is 5.75 Å². The average Bonchev–Trinajstić information content (AvgIpc) is 2.63. The molecule has 0 heterocycles. The number of ether oxygens (including phenoxy) is 1. The molecule has 0 aliphatic rings. The van der Waals surface area contributed by atoms with Gasteiger partial charge < -0.3 is 4.74 Å². The number of hydrogen-bond donors (Lipinski definition) is 0. The van der Waals surface area contributed by atoms with Gasteiger partial charge in [0.25, 0.3) is 0 Å². The predicted octanol–water partition coefficient (Wildman–Crippen LogP) is 5.26. The Bertz CT molecular complexity index is 660. The molecule has 3 rings (SSSR count). The van der Waals surface area contributed by atoms with Crippen molar-refractivity contribution in [1.29, 1.82) is 0 Å². The van der Waals surface area contributed by atoms with E-state index in [1.807, 2.05) is 0 Å². The molecule has 0 amide bonds. The molecular formula is C22H22O. The van der Waals surface area contributed by atoms with E-state index in [0.29, 0.717) is 5.92 Å². The summed E-state index contributed by atoms with van der Waals surface area (Å²) in [5, 5.41) is 0. The van der Waals surface area contributed by atoms with E-state index < -0.39 is 0 Å². The van der Waals surface area contributed by atoms with E-state index in [0.717, 1.165) is 18.6 Å². The summed E-state index contributed by atoms with van der Waals surface area (Å²) in [5.41, 5.74) is 4.12. The van der Waals surface area contributed by atoms with E-state index in [1.54, 1.807) is 7.11 Å². The summed E-state index contributed by atoms with van der Waals surface area (Å²) < 4.78 is 5.29. The van der Waals surface area contributed by atoms with Gasteiger partial charge in [0.15, 0.2) is 0 Å². The van der Waals surface area contributed by atoms with Crippen LogP contribution in [0.25, 0.3) is 0 Å². The van der Waals surface area contributed by atoms with E-state index in [4.69, 9.17) is 4.74 Å². The predicted molar refractivity (Wildman–Crippen MR) is 96.0 cm³/mol. The van der Waals surface area contributed by atoms with Crippen LogP contribution in [0.5, 0.6) is 5.75 Å². The third kappa shape index (κ3) is 4.23. The molecule has 23 heavy (non-hydrogen) atoms. The maximum atomic E-state index is 5.29. The smallest absolute Gasteiger partial charge is 0.118 e. The van der Waals surface area contributed by atoms with Gasteiger partial charge in [-0.1, -0.05) is 72.8 Å². The zero-order chi connectivity index (χ0) is 15.9. The second kappa shape index (κ2) is 7.64. The van der Waals surface area contributed by atoms with Gasteiger partial charge in [-0.15, -0.1) is 0 Å². The van der Waals surface area contributed by atoms with Gasteiger partial charge >= 0.3 is 0 Å². The van der Waals surface area contributed by atoms with Crippen molar-refractivity contribution < 1.29 is 4.74 Å². The Hall–Kier alpha value is -2.54. The molecule has 0 radical (unpaired) electrons. The Kier molecular flexibility index (Phi) is 5.10. The molecule has 3 aromatic carbocycles. The first-order chi connectivity index (χ1) is 11.3. The van der Waals surface area contributed by atoms with Crippen molar-refractivity contribution in [2.24, 2.45) is 0 Å². The highest BCUT2D eigenvalue weighted by molar-refractivity contribution is 5.32. The Morgan fingerprint density at radius 3 is 1.57 bits per heavy atom. The molecule has 0 aliphatic heterocycles. The number of hydrogen-bond acceptors (Lipinski definition) is 1. The van der Waals surface area contributed by atoms with E-state index in [9.17, 15) is 0 Å². The molecule has 0 fully saturated rings. The standard InChI is InChI=1S/C22H22O/c1-23-22-14-12-20(13-15-22)21(16-18-8-4-2-5-9-18)17-19-10-6-3-7-11-19/h2-15,21H,16-17H2,1H3. The monoisotopic (exact) mass is 302 g/mol. The second-order valence-corrected chi connectivity index (χ2v) is 5.85. The topological polar surface area (TPSA) is 9.23 Å². The summed E-state index contributed by atoms with van der Waals surface area (Å²) in [6, 6.07) is 29.9. The molecule has 3 aromatic rings. The van der Waals surface area contributed by atoms with Crippen LogP contribution < -0.4 is 4.74 Å². The Morgan fingerprint density at radius 1 is 0.652 bits per heavy atom. The molecule has 0 bridgehead atoms. The zero-order valence-corrected chi connectivity index (χ0v) is 13.5. The van der Waals surface area contributed by atoms with Crippen LogP contribution in [0.4, 0.5) is 0 Å². The van der Waals surface area contributed by atoms with Crippen LogP contribution in [-0.2, 0) is 12.8 Å². The van der Waals surface area contributed by atoms with E-state index in [-0.39, 0.29) is 0 Å². The number of methoxy groups -OCH3 is 1. The quantitative estimate of drug-likeness (QED) is 0.603. The van der Waals surface area contributed by atoms with Crippen LogP contribution in [0.3, 0.4) is 0 Å². The highest BCUT2D eigenvalue weighted by Crippen LogP contribution is 2.27. The highest BCUT2D eigenvalue weighted by Gasteiger charge is 2.13. The Morgan fingerprint density at radius 2 is 1.13 bits per heavy atom. The largest absolute Gasteiger partial charge is 0.497 e. The normalized spacial score (nSPS) is 10.7. The summed E-state index contributed by atoms with van der Waals surface area (Å²) in [7, 11) is 1.71. The average molecular weight is 302 g/mol. The summed E-state index contributed by atoms with van der Waals surface area (Å²) in [4.78, 5) is 0. The summed E-state index contributed by atoms with van der Waals surface area (Å²) in [6.45, 7) is 0. The van der Waals surface area contributed by atoms with Gasteiger partial charge in [0.05, 0.1) is 7.11 Å². The van der Waals surface area contributed by atoms with Crippen LogP contribution in [-0.4, -0.2) is 7.11 Å². The van der Waals surface area contributed by atoms with Crippen LogP contribution in [0.1, 0.15) is 22.6 Å². The second-order valence-electron chi connectivity index (χ2n) is 5.85. The fraction of sp³-hybridized carbons (Fsp3) is 0.182. The molecular weight excluding hydrogens is 280 g/mol. The molecule has 116 valence electrons. The number of rotatable bonds is 6. The lowest BCUT2D eigenvalue weighted by molar-refractivity contribution is 0.414. The molecule has 0 atom stereocenters. The van der Waals surface area contributed by atoms with Gasteiger partial charge in [-0.05, 0) is 47.6 Å². The lowest BCUT2D eigenvalue weighted by Crippen LogP contribution is -2.07. The van der Waals surface area contributed by atoms with Crippen LogP contribution in [0, 0.1) is 0 Å². The van der Waals surface area contributed by atoms with E-state index in [2.05, 4.69) is 84.9 Å². The SMILES string of the molecule is COc1ccc(C(Cc2ccccc2)Cc2ccccc2)cc1. The van der Waals surface area contributed by atoms with Gasteiger partial charge in [0, 0.05) is 0 Å². The van der Waals surface area contributed by atoms with Crippen LogP contribution >= 0.6 is 0 Å². The Balaban J connectivity index is 1.85. The molecule has 0 saturated carbocycles. The lowest BCUT2D eigenvalue weighted by Gasteiger charge is -2.18. The number of benzene rings is 3. The minimum atomic E-state index is 0.464. The van der Waals surface area contributed by atoms with Crippen molar-refractivity contribution in [2.45, 2.75) is 18.8 Å². The van der Waals surface area contributed by atoms with Crippen molar-refractivity contribution in [3.05, 3.63) is 102 Å². The first-order valence-corrected chi connectivity index (χ1v) is 8.07. The highest BCUT2D eigenvalue weighted by atomic mass is 16.5. The van der Waals surface area contributed by atoms with Gasteiger partial charge in [0.1, 0.15) is 5.75 Å². The molecule has 0 saturated heterocycles. The van der Waals surface area contributed by atoms with Gasteiger partial charge in [-0.25, -0.2) is 0 Å². The fourth-order valence-electron chi connectivity index (χ4n) is 2.98. The summed E-state index contributed by atoms with van der Waals surface area (Å²) >= 11 is 0. The fourth-order valence-corrected chi connectivity index (χ4v) is 2.98. The molecule has 0 aliphatic carbocycles. The lowest BCUT2D eigenvalue weighted by atomic mass is 9.86. The summed E-state index contributed by atoms with van der Waals surface area (Å²) in [5.74, 6) is 1.37. The maximum Gasteiger partial charge on any atom is 0.118 e. The zero-order valence-electron chi connectivity index (χ0n) is 13.5. The van der Waals surface area contributed by atoms with Crippen molar-refractivity contribution in [2.75, 3.05) is 7.11 Å². The van der Waals surface area contributed by atoms with Crippen molar-refractivity contribution >= 4 is 0 Å². The Labute approximate surface area is 138 Å².